The Morgan fingerprint density at radius 2 is 2.00 bits per heavy atom. The second-order valence-corrected chi connectivity index (χ2v) is 8.78. The number of hydrogen-bond acceptors (Lipinski definition) is 7. The molecule has 8 heteroatoms. The summed E-state index contributed by atoms with van der Waals surface area (Å²) in [6.07, 6.45) is 0.918. The zero-order valence-electron chi connectivity index (χ0n) is 17.3. The Labute approximate surface area is 186 Å². The van der Waals surface area contributed by atoms with E-state index in [2.05, 4.69) is 15.1 Å². The topological polar surface area (TPSA) is 71.6 Å². The molecule has 0 aliphatic rings. The van der Waals surface area contributed by atoms with Gasteiger partial charge in [-0.25, -0.2) is 0 Å². The lowest BCUT2D eigenvalue weighted by Crippen LogP contribution is -2.15. The molecule has 1 aromatic heterocycles. The molecule has 1 heterocycles. The number of thioether (sulfide) groups is 1. The molecule has 0 spiro atoms. The Hall–Kier alpha value is -2.22. The number of aromatic hydroxyl groups is 1. The van der Waals surface area contributed by atoms with Gasteiger partial charge in [0.05, 0.1) is 11.6 Å². The summed E-state index contributed by atoms with van der Waals surface area (Å²) in [5.41, 5.74) is 1.47. The molecule has 1 N–H and O–H groups in total. The van der Waals surface area contributed by atoms with Gasteiger partial charge in [0.1, 0.15) is 16.7 Å². The van der Waals surface area contributed by atoms with E-state index in [4.69, 9.17) is 20.8 Å². The number of rotatable bonds is 10. The van der Waals surface area contributed by atoms with Gasteiger partial charge in [-0.15, -0.1) is 22.0 Å². The zero-order chi connectivity index (χ0) is 21.5. The van der Waals surface area contributed by atoms with Crippen LogP contribution >= 0.6 is 23.4 Å². The van der Waals surface area contributed by atoms with Gasteiger partial charge in [0.15, 0.2) is 0 Å². The van der Waals surface area contributed by atoms with Gasteiger partial charge in [-0.3, -0.25) is 0 Å². The Kier molecular flexibility index (Phi) is 8.01. The molecule has 1 unspecified atom stereocenters. The van der Waals surface area contributed by atoms with Crippen LogP contribution in [0.4, 0.5) is 0 Å². The summed E-state index contributed by atoms with van der Waals surface area (Å²) in [4.78, 5) is 2.11. The van der Waals surface area contributed by atoms with Gasteiger partial charge in [-0.1, -0.05) is 36.7 Å². The second kappa shape index (κ2) is 10.7. The van der Waals surface area contributed by atoms with Gasteiger partial charge in [0.2, 0.25) is 11.8 Å². The molecule has 0 aliphatic carbocycles. The minimum absolute atomic E-state index is 0.210. The van der Waals surface area contributed by atoms with Crippen LogP contribution in [0, 0.1) is 0 Å². The number of phenolic OH excluding ortho intramolecular Hbond substituents is 1. The van der Waals surface area contributed by atoms with Gasteiger partial charge in [0.25, 0.3) is 0 Å². The Morgan fingerprint density at radius 1 is 1.20 bits per heavy atom. The van der Waals surface area contributed by atoms with Crippen molar-refractivity contribution >= 4 is 23.4 Å². The first-order valence-corrected chi connectivity index (χ1v) is 11.2. The van der Waals surface area contributed by atoms with E-state index in [0.29, 0.717) is 29.2 Å². The first kappa shape index (κ1) is 22.5. The smallest absolute Gasteiger partial charge is 0.247 e. The maximum absolute atomic E-state index is 10.2. The van der Waals surface area contributed by atoms with E-state index in [-0.39, 0.29) is 11.0 Å². The quantitative estimate of drug-likeness (QED) is 0.424. The van der Waals surface area contributed by atoms with E-state index >= 15 is 0 Å². The molecule has 0 bridgehead atoms. The molecular weight excluding hydrogens is 422 g/mol. The van der Waals surface area contributed by atoms with Crippen molar-refractivity contribution in [2.45, 2.75) is 18.6 Å². The van der Waals surface area contributed by atoms with Crippen LogP contribution in [0.2, 0.25) is 5.02 Å². The number of ether oxygens (including phenoxy) is 1. The number of para-hydroxylation sites is 1. The van der Waals surface area contributed by atoms with Crippen LogP contribution in [0.1, 0.15) is 30.0 Å². The number of nitrogens with zero attached hydrogens (tertiary/aromatic N) is 3. The third-order valence-electron chi connectivity index (χ3n) is 4.40. The summed E-state index contributed by atoms with van der Waals surface area (Å²) < 4.78 is 11.7. The first-order valence-electron chi connectivity index (χ1n) is 9.80. The lowest BCUT2D eigenvalue weighted by molar-refractivity contribution is 0.282. The summed E-state index contributed by atoms with van der Waals surface area (Å²) in [5, 5.41) is 18.9. The van der Waals surface area contributed by atoms with Crippen LogP contribution in [0.25, 0.3) is 11.5 Å². The molecule has 160 valence electrons. The summed E-state index contributed by atoms with van der Waals surface area (Å²) in [6, 6.07) is 12.6. The van der Waals surface area contributed by atoms with Gasteiger partial charge in [-0.2, -0.15) is 0 Å². The average Bonchev–Trinajstić information content (AvgIpc) is 3.21. The fourth-order valence-electron chi connectivity index (χ4n) is 2.94. The molecule has 3 rings (SSSR count). The molecule has 0 radical (unpaired) electrons. The van der Waals surface area contributed by atoms with Gasteiger partial charge in [-0.05, 0) is 50.5 Å². The lowest BCUT2D eigenvalue weighted by atomic mass is 10.1. The minimum atomic E-state index is -0.243. The highest BCUT2D eigenvalue weighted by atomic mass is 35.5. The largest absolute Gasteiger partial charge is 0.508 e. The maximum Gasteiger partial charge on any atom is 0.247 e. The summed E-state index contributed by atoms with van der Waals surface area (Å²) >= 11 is 8.01. The molecule has 2 aromatic carbocycles. The van der Waals surface area contributed by atoms with E-state index < -0.39 is 0 Å². The SMILES string of the molecule is CCSC(c1nnc(-c2ccc(OCCCN(C)C)c(Cl)c2)o1)c1ccccc1O. The van der Waals surface area contributed by atoms with Gasteiger partial charge >= 0.3 is 0 Å². The number of hydrogen-bond donors (Lipinski definition) is 1. The van der Waals surface area contributed by atoms with Crippen LogP contribution in [-0.4, -0.2) is 53.2 Å². The van der Waals surface area contributed by atoms with Gasteiger partial charge < -0.3 is 19.2 Å². The Balaban J connectivity index is 1.76. The average molecular weight is 448 g/mol. The molecule has 0 fully saturated rings. The summed E-state index contributed by atoms with van der Waals surface area (Å²) in [7, 11) is 4.06. The van der Waals surface area contributed by atoms with E-state index in [9.17, 15) is 5.11 Å². The molecule has 1 atom stereocenters. The van der Waals surface area contributed by atoms with Crippen LogP contribution in [0.3, 0.4) is 0 Å². The molecular formula is C22H26ClN3O3S. The first-order chi connectivity index (χ1) is 14.5. The fourth-order valence-corrected chi connectivity index (χ4v) is 4.13. The van der Waals surface area contributed by atoms with Crippen molar-refractivity contribution in [1.82, 2.24) is 15.1 Å². The molecule has 30 heavy (non-hydrogen) atoms. The Bertz CT molecular complexity index is 964. The van der Waals surface area contributed by atoms with Crippen molar-refractivity contribution in [3.63, 3.8) is 0 Å². The van der Waals surface area contributed by atoms with E-state index in [1.807, 2.05) is 45.3 Å². The number of phenols is 1. The Morgan fingerprint density at radius 3 is 2.70 bits per heavy atom. The summed E-state index contributed by atoms with van der Waals surface area (Å²) in [5.74, 6) is 2.50. The van der Waals surface area contributed by atoms with Crippen LogP contribution in [0.15, 0.2) is 46.9 Å². The summed E-state index contributed by atoms with van der Waals surface area (Å²) in [6.45, 7) is 3.60. The molecule has 0 amide bonds. The van der Waals surface area contributed by atoms with Crippen LogP contribution in [0.5, 0.6) is 11.5 Å². The highest BCUT2D eigenvalue weighted by Crippen LogP contribution is 2.40. The minimum Gasteiger partial charge on any atom is -0.508 e. The van der Waals surface area contributed by atoms with Crippen molar-refractivity contribution in [2.75, 3.05) is 33.0 Å². The van der Waals surface area contributed by atoms with E-state index in [1.54, 1.807) is 30.0 Å². The third kappa shape index (κ3) is 5.68. The number of halogens is 1. The molecule has 0 aliphatic heterocycles. The van der Waals surface area contributed by atoms with Crippen molar-refractivity contribution < 1.29 is 14.3 Å². The van der Waals surface area contributed by atoms with E-state index in [1.165, 1.54) is 0 Å². The predicted molar refractivity (Wildman–Crippen MR) is 121 cm³/mol. The van der Waals surface area contributed by atoms with Crippen molar-refractivity contribution in [2.24, 2.45) is 0 Å². The highest BCUT2D eigenvalue weighted by molar-refractivity contribution is 7.99. The van der Waals surface area contributed by atoms with Gasteiger partial charge in [0, 0.05) is 17.7 Å². The van der Waals surface area contributed by atoms with Crippen LogP contribution < -0.4 is 4.74 Å². The second-order valence-electron chi connectivity index (χ2n) is 6.99. The molecule has 3 aromatic rings. The van der Waals surface area contributed by atoms with Crippen molar-refractivity contribution in [3.8, 4) is 23.0 Å². The normalized spacial score (nSPS) is 12.3. The standard InChI is InChI=1S/C22H26ClN3O3S/c1-4-30-20(16-8-5-6-9-18(16)27)22-25-24-21(29-22)15-10-11-19(17(23)14-15)28-13-7-12-26(2)3/h5-6,8-11,14,20,27H,4,7,12-13H2,1-3H3. The van der Waals surface area contributed by atoms with Crippen molar-refractivity contribution in [3.05, 3.63) is 58.9 Å². The highest BCUT2D eigenvalue weighted by Gasteiger charge is 2.24. The maximum atomic E-state index is 10.2. The lowest BCUT2D eigenvalue weighted by Gasteiger charge is -2.13. The zero-order valence-corrected chi connectivity index (χ0v) is 18.9. The fraction of sp³-hybridized carbons (Fsp3) is 0.364. The number of benzene rings is 2. The van der Waals surface area contributed by atoms with E-state index in [0.717, 1.165) is 29.8 Å². The van der Waals surface area contributed by atoms with Crippen LogP contribution in [-0.2, 0) is 0 Å². The van der Waals surface area contributed by atoms with Crippen molar-refractivity contribution in [1.29, 1.82) is 0 Å². The predicted octanol–water partition coefficient (Wildman–Crippen LogP) is 5.27. The third-order valence-corrected chi connectivity index (χ3v) is 5.82. The molecule has 6 nitrogen and oxygen atoms in total. The molecule has 0 saturated carbocycles. The monoisotopic (exact) mass is 447 g/mol. The number of aromatic nitrogens is 2. The molecule has 0 saturated heterocycles.